The van der Waals surface area contributed by atoms with Crippen LogP contribution in [0.3, 0.4) is 0 Å². The largest absolute Gasteiger partial charge is 0.493 e. The highest BCUT2D eigenvalue weighted by atomic mass is 32.1. The average molecular weight is 458 g/mol. The van der Waals surface area contributed by atoms with Gasteiger partial charge in [-0.05, 0) is 43.5 Å². The van der Waals surface area contributed by atoms with E-state index < -0.39 is 18.3 Å². The molecule has 32 heavy (non-hydrogen) atoms. The van der Waals surface area contributed by atoms with Gasteiger partial charge in [-0.2, -0.15) is 5.10 Å². The Labute approximate surface area is 188 Å². The Bertz CT molecular complexity index is 1130. The Kier molecular flexibility index (Phi) is 5.66. The van der Waals surface area contributed by atoms with Crippen molar-refractivity contribution in [3.8, 4) is 16.3 Å². The number of H-pyrrole nitrogens is 1. The quantitative estimate of drug-likeness (QED) is 0.552. The number of nitrogens with one attached hydrogen (secondary N) is 2. The number of hydrogen-bond acceptors (Lipinski definition) is 7. The number of nitrogens with zero attached hydrogens (tertiary/aromatic N) is 2. The lowest BCUT2D eigenvalue weighted by molar-refractivity contribution is 0.0267. The minimum Gasteiger partial charge on any atom is -0.493 e. The summed E-state index contributed by atoms with van der Waals surface area (Å²) in [5, 5.41) is 12.6. The first-order chi connectivity index (χ1) is 15.5. The molecule has 2 aliphatic rings. The number of aromatic nitrogens is 3. The number of thiazole rings is 1. The molecule has 1 fully saturated rings. The first kappa shape index (κ1) is 21.0. The van der Waals surface area contributed by atoms with Crippen molar-refractivity contribution in [2.45, 2.75) is 44.5 Å². The molecule has 2 aliphatic heterocycles. The molecule has 3 atom stereocenters. The van der Waals surface area contributed by atoms with Gasteiger partial charge in [0.15, 0.2) is 0 Å². The lowest BCUT2D eigenvalue weighted by Crippen LogP contribution is -2.32. The molecular weight excluding hydrogens is 433 g/mol. The van der Waals surface area contributed by atoms with Crippen molar-refractivity contribution in [3.63, 3.8) is 0 Å². The van der Waals surface area contributed by atoms with Crippen LogP contribution < -0.4 is 15.8 Å². The van der Waals surface area contributed by atoms with Gasteiger partial charge in [0.2, 0.25) is 0 Å². The lowest BCUT2D eigenvalue weighted by Gasteiger charge is -2.15. The van der Waals surface area contributed by atoms with E-state index in [-0.39, 0.29) is 12.5 Å². The number of hydrogen-bond donors (Lipinski definition) is 3. The molecule has 0 aliphatic carbocycles. The molecule has 5 rings (SSSR count). The molecule has 3 aromatic rings. The molecule has 2 aromatic heterocycles. The lowest BCUT2D eigenvalue weighted by atomic mass is 10.0. The van der Waals surface area contributed by atoms with Crippen LogP contribution in [0.2, 0.25) is 0 Å². The number of nitrogens with two attached hydrogens (primary N) is 1. The molecule has 0 bridgehead atoms. The number of alkyl halides is 1. The number of amides is 1. The highest BCUT2D eigenvalue weighted by molar-refractivity contribution is 7.13. The van der Waals surface area contributed by atoms with E-state index in [1.54, 1.807) is 5.38 Å². The van der Waals surface area contributed by atoms with E-state index in [4.69, 9.17) is 15.2 Å². The number of aryl methyl sites for hydroxylation is 1. The summed E-state index contributed by atoms with van der Waals surface area (Å²) >= 11 is 1.41. The minimum atomic E-state index is -1.21. The number of benzene rings is 1. The molecule has 8 nitrogen and oxygen atoms in total. The van der Waals surface area contributed by atoms with Crippen LogP contribution in [0.1, 0.15) is 46.4 Å². The van der Waals surface area contributed by atoms with E-state index in [2.05, 4.69) is 26.6 Å². The summed E-state index contributed by atoms with van der Waals surface area (Å²) in [4.78, 5) is 17.5. The van der Waals surface area contributed by atoms with Gasteiger partial charge in [-0.3, -0.25) is 9.89 Å². The molecule has 4 heterocycles. The van der Waals surface area contributed by atoms with E-state index in [0.29, 0.717) is 42.2 Å². The molecule has 168 valence electrons. The van der Waals surface area contributed by atoms with Crippen molar-refractivity contribution in [3.05, 3.63) is 46.2 Å². The average Bonchev–Trinajstić information content (AvgIpc) is 3.51. The van der Waals surface area contributed by atoms with Crippen molar-refractivity contribution in [2.24, 2.45) is 5.73 Å². The summed E-state index contributed by atoms with van der Waals surface area (Å²) in [5.74, 6) is 0.573. The van der Waals surface area contributed by atoms with Crippen molar-refractivity contribution in [2.75, 3.05) is 18.5 Å². The fourth-order valence-electron chi connectivity index (χ4n) is 4.00. The maximum atomic E-state index is 13.9. The summed E-state index contributed by atoms with van der Waals surface area (Å²) in [6.45, 7) is 2.41. The summed E-state index contributed by atoms with van der Waals surface area (Å²) in [6.07, 6.45) is 0.227. The molecule has 1 amide bonds. The minimum absolute atomic E-state index is 0.0909. The Morgan fingerprint density at radius 3 is 3.12 bits per heavy atom. The van der Waals surface area contributed by atoms with Crippen molar-refractivity contribution in [1.29, 1.82) is 0 Å². The highest BCUT2D eigenvalue weighted by Crippen LogP contribution is 2.34. The second-order valence-corrected chi connectivity index (χ2v) is 8.96. The van der Waals surface area contributed by atoms with Crippen LogP contribution in [0.15, 0.2) is 23.6 Å². The number of halogens is 1. The number of carbonyl (C=O) groups excluding carboxylic acids is 1. The number of ether oxygens (including phenoxy) is 2. The molecular formula is C22H24FN5O3S. The predicted octanol–water partition coefficient (Wildman–Crippen LogP) is 3.55. The van der Waals surface area contributed by atoms with Crippen LogP contribution in [0.4, 0.5) is 10.1 Å². The van der Waals surface area contributed by atoms with Gasteiger partial charge in [0.1, 0.15) is 34.4 Å². The fourth-order valence-corrected chi connectivity index (χ4v) is 4.80. The third-order valence-electron chi connectivity index (χ3n) is 5.88. The number of anilines is 1. The van der Waals surface area contributed by atoms with Crippen molar-refractivity contribution in [1.82, 2.24) is 15.2 Å². The summed E-state index contributed by atoms with van der Waals surface area (Å²) in [7, 11) is 0. The summed E-state index contributed by atoms with van der Waals surface area (Å²) < 4.78 is 25.2. The Morgan fingerprint density at radius 1 is 1.38 bits per heavy atom. The van der Waals surface area contributed by atoms with Crippen LogP contribution in [0.5, 0.6) is 5.75 Å². The van der Waals surface area contributed by atoms with Crippen LogP contribution in [0, 0.1) is 6.92 Å². The van der Waals surface area contributed by atoms with Gasteiger partial charge in [-0.15, -0.1) is 11.3 Å². The molecule has 4 N–H and O–H groups in total. The molecule has 0 unspecified atom stereocenters. The van der Waals surface area contributed by atoms with Gasteiger partial charge >= 0.3 is 0 Å². The maximum absolute atomic E-state index is 13.9. The standard InChI is InChI=1S/C22H24FN5O3S/c1-11-19(20(28-27-11)18-5-3-15(24)14(23)9-31-18)26-21(29)16-10-32-22(25-16)13-2-4-17-12(8-13)6-7-30-17/h2,4,8,10,14-15,18H,3,5-7,9,24H2,1H3,(H,26,29)(H,27,28)/t14-,15-,18+/m1/s1. The third kappa shape index (κ3) is 4.01. The second-order valence-electron chi connectivity index (χ2n) is 8.10. The second kappa shape index (κ2) is 8.61. The van der Waals surface area contributed by atoms with Gasteiger partial charge in [0, 0.05) is 23.4 Å². The molecule has 0 saturated carbocycles. The Balaban J connectivity index is 1.33. The zero-order valence-electron chi connectivity index (χ0n) is 17.6. The van der Waals surface area contributed by atoms with Gasteiger partial charge in [0.05, 0.1) is 24.6 Å². The van der Waals surface area contributed by atoms with Crippen LogP contribution in [-0.2, 0) is 11.2 Å². The zero-order valence-corrected chi connectivity index (χ0v) is 18.4. The number of carbonyl (C=O) groups is 1. The number of fused-ring (bicyclic) bond motifs is 1. The van der Waals surface area contributed by atoms with Gasteiger partial charge in [-0.25, -0.2) is 9.37 Å². The van der Waals surface area contributed by atoms with Crippen molar-refractivity contribution >= 4 is 22.9 Å². The van der Waals surface area contributed by atoms with Crippen molar-refractivity contribution < 1.29 is 18.7 Å². The van der Waals surface area contributed by atoms with Gasteiger partial charge < -0.3 is 20.5 Å². The van der Waals surface area contributed by atoms with Crippen LogP contribution in [-0.4, -0.2) is 46.5 Å². The molecule has 1 saturated heterocycles. The Hall–Kier alpha value is -2.82. The molecule has 10 heteroatoms. The van der Waals surface area contributed by atoms with E-state index in [9.17, 15) is 9.18 Å². The topological polar surface area (TPSA) is 115 Å². The molecule has 0 spiro atoms. The summed E-state index contributed by atoms with van der Waals surface area (Å²) in [6, 6.07) is 5.40. The highest BCUT2D eigenvalue weighted by Gasteiger charge is 2.30. The first-order valence-corrected chi connectivity index (χ1v) is 11.5. The summed E-state index contributed by atoms with van der Waals surface area (Å²) in [5.41, 5.74) is 10.0. The predicted molar refractivity (Wildman–Crippen MR) is 119 cm³/mol. The monoisotopic (exact) mass is 457 g/mol. The molecule has 1 aromatic carbocycles. The van der Waals surface area contributed by atoms with Gasteiger partial charge in [-0.1, -0.05) is 0 Å². The normalized spacial score (nSPS) is 22.8. The number of aromatic amines is 1. The maximum Gasteiger partial charge on any atom is 0.275 e. The van der Waals surface area contributed by atoms with E-state index in [0.717, 1.165) is 28.3 Å². The zero-order chi connectivity index (χ0) is 22.2. The van der Waals surface area contributed by atoms with Crippen LogP contribution in [0.25, 0.3) is 10.6 Å². The van der Waals surface area contributed by atoms with E-state index in [1.165, 1.54) is 11.3 Å². The first-order valence-electron chi connectivity index (χ1n) is 10.6. The van der Waals surface area contributed by atoms with E-state index >= 15 is 0 Å². The Morgan fingerprint density at radius 2 is 2.25 bits per heavy atom. The van der Waals surface area contributed by atoms with Gasteiger partial charge in [0.25, 0.3) is 5.91 Å². The smallest absolute Gasteiger partial charge is 0.275 e. The fraction of sp³-hybridized carbons (Fsp3) is 0.409. The SMILES string of the molecule is Cc1[nH]nc([C@@H]2CC[C@@H](N)[C@H](F)CO2)c1NC(=O)c1csc(-c2ccc3c(c2)CCO3)n1. The third-order valence-corrected chi connectivity index (χ3v) is 6.77. The molecule has 0 radical (unpaired) electrons. The van der Waals surface area contributed by atoms with E-state index in [1.807, 2.05) is 19.1 Å². The number of rotatable bonds is 4. The van der Waals surface area contributed by atoms with Crippen LogP contribution >= 0.6 is 11.3 Å².